The monoisotopic (exact) mass is 522 g/mol. The third kappa shape index (κ3) is 7.76. The van der Waals surface area contributed by atoms with Gasteiger partial charge in [0, 0.05) is 0 Å². The number of hydrogen-bond donors (Lipinski definition) is 4. The van der Waals surface area contributed by atoms with Gasteiger partial charge in [-0.05, 0) is 46.0 Å². The number of nitrogens with zero attached hydrogens (tertiary/aromatic N) is 4. The Labute approximate surface area is 221 Å². The molecular formula is C26H34N8O4. The molecule has 1 heterocycles. The first-order chi connectivity index (χ1) is 18.3. The van der Waals surface area contributed by atoms with Gasteiger partial charge >= 0.3 is 0 Å². The first-order valence-electron chi connectivity index (χ1n) is 12.3. The molecule has 202 valence electrons. The van der Waals surface area contributed by atoms with Gasteiger partial charge in [0.2, 0.25) is 11.9 Å². The Bertz CT molecular complexity index is 1200. The van der Waals surface area contributed by atoms with Gasteiger partial charge < -0.3 is 14.8 Å². The summed E-state index contributed by atoms with van der Waals surface area (Å²) in [4.78, 5) is 27.9. The minimum atomic E-state index is -0.798. The highest BCUT2D eigenvalue weighted by Gasteiger charge is 2.30. The fourth-order valence-electron chi connectivity index (χ4n) is 3.84. The van der Waals surface area contributed by atoms with Crippen LogP contribution in [0.1, 0.15) is 37.8 Å². The summed E-state index contributed by atoms with van der Waals surface area (Å²) in [6.07, 6.45) is 1.29. The van der Waals surface area contributed by atoms with Crippen molar-refractivity contribution in [2.75, 3.05) is 19.1 Å². The minimum Gasteiger partial charge on any atom is -0.493 e. The second kappa shape index (κ2) is 13.7. The van der Waals surface area contributed by atoms with Gasteiger partial charge in [0.25, 0.3) is 5.91 Å². The molecule has 3 aromatic rings. The maximum Gasteiger partial charge on any atom is 0.252 e. The van der Waals surface area contributed by atoms with Crippen molar-refractivity contribution in [3.05, 3.63) is 59.7 Å². The number of aromatic amines is 1. The topological polar surface area (TPSA) is 158 Å². The van der Waals surface area contributed by atoms with Crippen LogP contribution in [0.4, 0.5) is 5.95 Å². The highest BCUT2D eigenvalue weighted by Crippen LogP contribution is 2.27. The van der Waals surface area contributed by atoms with Crippen molar-refractivity contribution >= 4 is 23.7 Å². The van der Waals surface area contributed by atoms with Crippen molar-refractivity contribution in [3.8, 4) is 11.5 Å². The maximum atomic E-state index is 13.8. The van der Waals surface area contributed by atoms with Gasteiger partial charge in [-0.3, -0.25) is 25.2 Å². The van der Waals surface area contributed by atoms with Crippen molar-refractivity contribution in [1.82, 2.24) is 31.3 Å². The van der Waals surface area contributed by atoms with E-state index >= 15 is 0 Å². The molecule has 0 aliphatic heterocycles. The minimum absolute atomic E-state index is 0.0122. The lowest BCUT2D eigenvalue weighted by atomic mass is 9.98. The molecule has 2 amide bonds. The molecule has 0 radical (unpaired) electrons. The standard InChI is InChI=1S/C26H34N8O4/c1-5-17(2)13-20(24(36)34(26-30-32-33-31-26)16-18-9-7-6-8-10-18)28-25(27)29-23(35)15-19-11-12-21(37-3)22(14-19)38-4/h6-12,14,17,20H,5,13,15-16H2,1-4H3,(H3,27,28,29,35)(H,30,31,32,33). The van der Waals surface area contributed by atoms with Crippen LogP contribution < -0.4 is 25.0 Å². The molecule has 2 atom stereocenters. The molecule has 2 unspecified atom stereocenters. The van der Waals surface area contributed by atoms with E-state index in [0.29, 0.717) is 23.5 Å². The number of aromatic nitrogens is 4. The van der Waals surface area contributed by atoms with E-state index in [4.69, 9.17) is 14.9 Å². The predicted octanol–water partition coefficient (Wildman–Crippen LogP) is 2.44. The number of H-pyrrole nitrogens is 1. The normalized spacial score (nSPS) is 12.2. The van der Waals surface area contributed by atoms with E-state index < -0.39 is 11.9 Å². The van der Waals surface area contributed by atoms with Crippen LogP contribution in [0, 0.1) is 11.3 Å². The average Bonchev–Trinajstić information content (AvgIpc) is 3.46. The molecule has 38 heavy (non-hydrogen) atoms. The zero-order valence-electron chi connectivity index (χ0n) is 22.0. The number of carbonyl (C=O) groups is 2. The summed E-state index contributed by atoms with van der Waals surface area (Å²) >= 11 is 0. The number of amides is 2. The zero-order chi connectivity index (χ0) is 27.5. The summed E-state index contributed by atoms with van der Waals surface area (Å²) in [5, 5.41) is 27.6. The zero-order valence-corrected chi connectivity index (χ0v) is 22.0. The lowest BCUT2D eigenvalue weighted by molar-refractivity contribution is -0.121. The van der Waals surface area contributed by atoms with E-state index in [1.807, 2.05) is 44.2 Å². The molecular weight excluding hydrogens is 488 g/mol. The van der Waals surface area contributed by atoms with Crippen LogP contribution >= 0.6 is 0 Å². The summed E-state index contributed by atoms with van der Waals surface area (Å²) in [6.45, 7) is 4.29. The number of carbonyl (C=O) groups excluding carboxylic acids is 2. The Morgan fingerprint density at radius 2 is 1.82 bits per heavy atom. The Hall–Kier alpha value is -4.48. The molecule has 0 bridgehead atoms. The number of anilines is 1. The van der Waals surface area contributed by atoms with Crippen LogP contribution in [0.25, 0.3) is 0 Å². The molecule has 0 spiro atoms. The molecule has 0 aliphatic rings. The van der Waals surface area contributed by atoms with Crippen LogP contribution in [-0.4, -0.2) is 58.7 Å². The van der Waals surface area contributed by atoms with Crippen LogP contribution in [0.2, 0.25) is 0 Å². The number of tetrazole rings is 1. The van der Waals surface area contributed by atoms with E-state index in [1.165, 1.54) is 19.1 Å². The third-order valence-corrected chi connectivity index (χ3v) is 6.07. The first kappa shape index (κ1) is 28.1. The molecule has 0 aliphatic carbocycles. The number of nitrogens with one attached hydrogen (secondary N) is 4. The van der Waals surface area contributed by atoms with Crippen molar-refractivity contribution in [1.29, 1.82) is 5.41 Å². The summed E-state index contributed by atoms with van der Waals surface area (Å²) in [5.74, 6) is 0.422. The number of hydrogen-bond acceptors (Lipinski definition) is 8. The molecule has 1 aromatic heterocycles. The van der Waals surface area contributed by atoms with Crippen LogP contribution in [0.3, 0.4) is 0 Å². The molecule has 3 rings (SSSR count). The predicted molar refractivity (Wildman–Crippen MR) is 142 cm³/mol. The number of methoxy groups -OCH3 is 2. The molecule has 0 saturated carbocycles. The molecule has 0 saturated heterocycles. The molecule has 0 fully saturated rings. The van der Waals surface area contributed by atoms with Gasteiger partial charge in [0.1, 0.15) is 6.04 Å². The maximum absolute atomic E-state index is 13.8. The fourth-order valence-corrected chi connectivity index (χ4v) is 3.84. The van der Waals surface area contributed by atoms with Gasteiger partial charge in [0.05, 0.1) is 27.2 Å². The quantitative estimate of drug-likeness (QED) is 0.209. The van der Waals surface area contributed by atoms with Crippen molar-refractivity contribution in [3.63, 3.8) is 0 Å². The molecule has 12 heteroatoms. The van der Waals surface area contributed by atoms with Gasteiger partial charge in [0.15, 0.2) is 17.5 Å². The van der Waals surface area contributed by atoms with Crippen molar-refractivity contribution in [2.24, 2.45) is 5.92 Å². The highest BCUT2D eigenvalue weighted by molar-refractivity contribution is 6.01. The Balaban J connectivity index is 1.72. The molecule has 2 aromatic carbocycles. The number of benzene rings is 2. The smallest absolute Gasteiger partial charge is 0.252 e. The van der Waals surface area contributed by atoms with Crippen LogP contribution in [-0.2, 0) is 22.6 Å². The van der Waals surface area contributed by atoms with E-state index in [1.54, 1.807) is 18.2 Å². The van der Waals surface area contributed by atoms with Gasteiger partial charge in [-0.2, -0.15) is 0 Å². The fraction of sp³-hybridized carbons (Fsp3) is 0.385. The summed E-state index contributed by atoms with van der Waals surface area (Å²) in [7, 11) is 3.06. The van der Waals surface area contributed by atoms with Crippen LogP contribution in [0.15, 0.2) is 48.5 Å². The summed E-state index contributed by atoms with van der Waals surface area (Å²) in [5.41, 5.74) is 1.57. The second-order valence-electron chi connectivity index (χ2n) is 8.87. The van der Waals surface area contributed by atoms with Gasteiger partial charge in [-0.15, -0.1) is 0 Å². The second-order valence-corrected chi connectivity index (χ2v) is 8.87. The van der Waals surface area contributed by atoms with Crippen molar-refractivity contribution < 1.29 is 19.1 Å². The van der Waals surface area contributed by atoms with Crippen molar-refractivity contribution in [2.45, 2.75) is 45.7 Å². The number of ether oxygens (including phenoxy) is 2. The Morgan fingerprint density at radius 3 is 2.45 bits per heavy atom. The van der Waals surface area contributed by atoms with Gasteiger partial charge in [-0.1, -0.05) is 61.8 Å². The van der Waals surface area contributed by atoms with E-state index in [0.717, 1.165) is 12.0 Å². The first-order valence-corrected chi connectivity index (χ1v) is 12.3. The SMILES string of the molecule is CCC(C)CC(NC(=N)NC(=O)Cc1ccc(OC)c(OC)c1)C(=O)N(Cc1ccccc1)c1nnn[nH]1. The third-order valence-electron chi connectivity index (χ3n) is 6.07. The number of guanidine groups is 1. The van der Waals surface area contributed by atoms with E-state index in [2.05, 4.69) is 31.3 Å². The largest absolute Gasteiger partial charge is 0.493 e. The lowest BCUT2D eigenvalue weighted by Gasteiger charge is -2.28. The van der Waals surface area contributed by atoms with E-state index in [9.17, 15) is 9.59 Å². The Kier molecular flexibility index (Phi) is 10.1. The highest BCUT2D eigenvalue weighted by atomic mass is 16.5. The average molecular weight is 523 g/mol. The van der Waals surface area contributed by atoms with Gasteiger partial charge in [-0.25, -0.2) is 5.10 Å². The van der Waals surface area contributed by atoms with Crippen LogP contribution in [0.5, 0.6) is 11.5 Å². The summed E-state index contributed by atoms with van der Waals surface area (Å²) < 4.78 is 10.5. The lowest BCUT2D eigenvalue weighted by Crippen LogP contribution is -2.53. The van der Waals surface area contributed by atoms with E-state index in [-0.39, 0.29) is 36.7 Å². The Morgan fingerprint density at radius 1 is 1.08 bits per heavy atom. The molecule has 12 nitrogen and oxygen atoms in total. The summed E-state index contributed by atoms with van der Waals surface area (Å²) in [6, 6.07) is 13.8. The number of rotatable bonds is 12. The molecule has 4 N–H and O–H groups in total.